The Morgan fingerprint density at radius 1 is 1.32 bits per heavy atom. The average molecular weight is 376 g/mol. The summed E-state index contributed by atoms with van der Waals surface area (Å²) in [5.41, 5.74) is -1.34. The summed E-state index contributed by atoms with van der Waals surface area (Å²) in [5, 5.41) is 0. The minimum Gasteiger partial charge on any atom is -0.383 e. The van der Waals surface area contributed by atoms with Crippen LogP contribution in [0.3, 0.4) is 0 Å². The molecule has 0 radical (unpaired) electrons. The number of ether oxygens (including phenoxy) is 1. The van der Waals surface area contributed by atoms with Crippen molar-refractivity contribution < 1.29 is 27.1 Å². The van der Waals surface area contributed by atoms with E-state index in [1.807, 2.05) is 13.8 Å². The van der Waals surface area contributed by atoms with E-state index in [1.165, 1.54) is 18.4 Å². The SMILES string of the molecule is COCCn1c(C)c(C)sc1=NC(=O)c1cccc(C(F)(F)F)c1F. The van der Waals surface area contributed by atoms with Crippen LogP contribution in [0.1, 0.15) is 26.5 Å². The maximum absolute atomic E-state index is 14.1. The largest absolute Gasteiger partial charge is 0.419 e. The Morgan fingerprint density at radius 3 is 2.60 bits per heavy atom. The van der Waals surface area contributed by atoms with E-state index < -0.39 is 29.0 Å². The maximum Gasteiger partial charge on any atom is 0.419 e. The second kappa shape index (κ2) is 7.49. The quantitative estimate of drug-likeness (QED) is 0.764. The predicted octanol–water partition coefficient (Wildman–Crippen LogP) is 3.71. The number of alkyl halides is 3. The summed E-state index contributed by atoms with van der Waals surface area (Å²) in [4.78, 5) is 17.3. The zero-order valence-electron chi connectivity index (χ0n) is 13.8. The van der Waals surface area contributed by atoms with Gasteiger partial charge in [0.15, 0.2) is 4.80 Å². The van der Waals surface area contributed by atoms with Gasteiger partial charge < -0.3 is 9.30 Å². The third kappa shape index (κ3) is 4.16. The molecule has 2 rings (SSSR count). The highest BCUT2D eigenvalue weighted by Crippen LogP contribution is 2.32. The Labute approximate surface area is 145 Å². The first kappa shape index (κ1) is 19.3. The zero-order chi connectivity index (χ0) is 18.8. The molecule has 4 nitrogen and oxygen atoms in total. The molecule has 0 atom stereocenters. The Hall–Kier alpha value is -2.00. The number of carbonyl (C=O) groups excluding carboxylic acids is 1. The van der Waals surface area contributed by atoms with E-state index >= 15 is 0 Å². The highest BCUT2D eigenvalue weighted by atomic mass is 32.1. The molecule has 1 amide bonds. The molecule has 0 saturated carbocycles. The smallest absolute Gasteiger partial charge is 0.383 e. The number of rotatable bonds is 4. The van der Waals surface area contributed by atoms with Crippen molar-refractivity contribution in [2.75, 3.05) is 13.7 Å². The van der Waals surface area contributed by atoms with E-state index in [0.717, 1.165) is 22.7 Å². The number of carbonyl (C=O) groups is 1. The van der Waals surface area contributed by atoms with Crippen LogP contribution in [0.2, 0.25) is 0 Å². The van der Waals surface area contributed by atoms with Crippen molar-refractivity contribution in [3.8, 4) is 0 Å². The highest BCUT2D eigenvalue weighted by molar-refractivity contribution is 7.09. The van der Waals surface area contributed by atoms with Gasteiger partial charge in [-0.25, -0.2) is 4.39 Å². The number of methoxy groups -OCH3 is 1. The van der Waals surface area contributed by atoms with Gasteiger partial charge in [-0.15, -0.1) is 11.3 Å². The fourth-order valence-electron chi connectivity index (χ4n) is 2.19. The zero-order valence-corrected chi connectivity index (χ0v) is 14.6. The minimum atomic E-state index is -4.88. The summed E-state index contributed by atoms with van der Waals surface area (Å²) in [6, 6.07) is 2.56. The van der Waals surface area contributed by atoms with Gasteiger partial charge in [0.1, 0.15) is 5.82 Å². The van der Waals surface area contributed by atoms with E-state index in [0.29, 0.717) is 19.2 Å². The summed E-state index contributed by atoms with van der Waals surface area (Å²) in [5.74, 6) is -2.67. The summed E-state index contributed by atoms with van der Waals surface area (Å²) < 4.78 is 59.1. The van der Waals surface area contributed by atoms with Crippen LogP contribution in [-0.2, 0) is 17.5 Å². The Bertz CT molecular complexity index is 853. The van der Waals surface area contributed by atoms with Gasteiger partial charge in [0.2, 0.25) is 0 Å². The first-order valence-electron chi connectivity index (χ1n) is 7.27. The van der Waals surface area contributed by atoms with E-state index in [-0.39, 0.29) is 4.80 Å². The second-order valence-electron chi connectivity index (χ2n) is 5.25. The van der Waals surface area contributed by atoms with E-state index in [1.54, 1.807) is 4.57 Å². The molecule has 0 aliphatic rings. The van der Waals surface area contributed by atoms with Gasteiger partial charge in [0, 0.05) is 24.2 Å². The monoisotopic (exact) mass is 376 g/mol. The molecule has 136 valence electrons. The van der Waals surface area contributed by atoms with Crippen LogP contribution in [-0.4, -0.2) is 24.2 Å². The van der Waals surface area contributed by atoms with Gasteiger partial charge >= 0.3 is 6.18 Å². The molecule has 1 heterocycles. The van der Waals surface area contributed by atoms with Crippen molar-refractivity contribution >= 4 is 17.2 Å². The standard InChI is InChI=1S/C16H16F4N2O2S/c1-9-10(2)25-15(22(9)7-8-24-3)21-14(23)11-5-4-6-12(13(11)17)16(18,19)20/h4-6H,7-8H2,1-3H3. The fourth-order valence-corrected chi connectivity index (χ4v) is 3.19. The maximum atomic E-state index is 14.1. The lowest BCUT2D eigenvalue weighted by Crippen LogP contribution is -2.21. The van der Waals surface area contributed by atoms with Gasteiger partial charge in [0.25, 0.3) is 5.91 Å². The molecule has 0 spiro atoms. The van der Waals surface area contributed by atoms with Crippen LogP contribution >= 0.6 is 11.3 Å². The third-order valence-electron chi connectivity index (χ3n) is 3.64. The van der Waals surface area contributed by atoms with E-state index in [4.69, 9.17) is 4.74 Å². The molecule has 0 saturated heterocycles. The molecule has 0 aliphatic heterocycles. The third-order valence-corrected chi connectivity index (χ3v) is 4.74. The number of halogens is 4. The number of hydrogen-bond acceptors (Lipinski definition) is 3. The lowest BCUT2D eigenvalue weighted by atomic mass is 10.1. The lowest BCUT2D eigenvalue weighted by Gasteiger charge is -2.09. The molecular weight excluding hydrogens is 360 g/mol. The van der Waals surface area contributed by atoms with Crippen molar-refractivity contribution in [3.63, 3.8) is 0 Å². The van der Waals surface area contributed by atoms with Crippen LogP contribution in [0.4, 0.5) is 17.6 Å². The summed E-state index contributed by atoms with van der Waals surface area (Å²) in [7, 11) is 1.52. The highest BCUT2D eigenvalue weighted by Gasteiger charge is 2.35. The molecular formula is C16H16F4N2O2S. The van der Waals surface area contributed by atoms with Crippen LogP contribution in [0.5, 0.6) is 0 Å². The van der Waals surface area contributed by atoms with Crippen LogP contribution < -0.4 is 4.80 Å². The molecule has 25 heavy (non-hydrogen) atoms. The van der Waals surface area contributed by atoms with Crippen LogP contribution in [0, 0.1) is 19.7 Å². The van der Waals surface area contributed by atoms with Gasteiger partial charge in [-0.1, -0.05) is 6.07 Å². The topological polar surface area (TPSA) is 43.6 Å². The molecule has 0 fully saturated rings. The van der Waals surface area contributed by atoms with Gasteiger partial charge in [-0.3, -0.25) is 4.79 Å². The van der Waals surface area contributed by atoms with Crippen LogP contribution in [0.15, 0.2) is 23.2 Å². The summed E-state index contributed by atoms with van der Waals surface area (Å²) >= 11 is 1.21. The van der Waals surface area contributed by atoms with Crippen molar-refractivity contribution in [3.05, 3.63) is 50.5 Å². The minimum absolute atomic E-state index is 0.286. The number of nitrogens with zero attached hydrogens (tertiary/aromatic N) is 2. The first-order chi connectivity index (χ1) is 11.7. The summed E-state index contributed by atoms with van der Waals surface area (Å²) in [6.45, 7) is 4.45. The molecule has 0 aliphatic carbocycles. The summed E-state index contributed by atoms with van der Waals surface area (Å²) in [6.07, 6.45) is -4.88. The van der Waals surface area contributed by atoms with E-state index in [2.05, 4.69) is 4.99 Å². The van der Waals surface area contributed by atoms with Gasteiger partial charge in [-0.05, 0) is 26.0 Å². The van der Waals surface area contributed by atoms with Crippen LogP contribution in [0.25, 0.3) is 0 Å². The number of thiazole rings is 1. The van der Waals surface area contributed by atoms with Crippen molar-refractivity contribution in [1.29, 1.82) is 0 Å². The molecule has 0 N–H and O–H groups in total. The number of amides is 1. The molecule has 9 heteroatoms. The molecule has 2 aromatic rings. The lowest BCUT2D eigenvalue weighted by molar-refractivity contribution is -0.140. The van der Waals surface area contributed by atoms with Gasteiger partial charge in [0.05, 0.1) is 17.7 Å². The van der Waals surface area contributed by atoms with Gasteiger partial charge in [-0.2, -0.15) is 18.2 Å². The first-order valence-corrected chi connectivity index (χ1v) is 8.09. The normalized spacial score (nSPS) is 12.7. The van der Waals surface area contributed by atoms with Crippen molar-refractivity contribution in [2.45, 2.75) is 26.6 Å². The molecule has 1 aromatic carbocycles. The molecule has 0 bridgehead atoms. The number of aryl methyl sites for hydroxylation is 1. The van der Waals surface area contributed by atoms with Crippen molar-refractivity contribution in [1.82, 2.24) is 4.57 Å². The molecule has 1 aromatic heterocycles. The number of benzene rings is 1. The second-order valence-corrected chi connectivity index (χ2v) is 6.43. The Balaban J connectivity index is 2.50. The number of aromatic nitrogens is 1. The van der Waals surface area contributed by atoms with Crippen molar-refractivity contribution in [2.24, 2.45) is 4.99 Å². The fraction of sp³-hybridized carbons (Fsp3) is 0.375. The Kier molecular flexibility index (Phi) is 5.79. The Morgan fingerprint density at radius 2 is 2.00 bits per heavy atom. The van der Waals surface area contributed by atoms with E-state index in [9.17, 15) is 22.4 Å². The molecule has 0 unspecified atom stereocenters. The average Bonchev–Trinajstić information content (AvgIpc) is 2.78. The predicted molar refractivity (Wildman–Crippen MR) is 85.0 cm³/mol. The number of hydrogen-bond donors (Lipinski definition) is 0.